The molecule has 1 fully saturated rings. The number of rotatable bonds is 4. The first-order valence-corrected chi connectivity index (χ1v) is 10.1. The number of fused-ring (bicyclic) bond motifs is 2. The minimum absolute atomic E-state index is 0.0919. The zero-order valence-electron chi connectivity index (χ0n) is 16.1. The van der Waals surface area contributed by atoms with E-state index in [1.54, 1.807) is 0 Å². The van der Waals surface area contributed by atoms with E-state index in [4.69, 9.17) is 4.52 Å². The molecule has 1 aliphatic heterocycles. The number of anilines is 1. The van der Waals surface area contributed by atoms with Gasteiger partial charge in [-0.2, -0.15) is 0 Å². The van der Waals surface area contributed by atoms with Crippen LogP contribution in [0.1, 0.15) is 52.1 Å². The van der Waals surface area contributed by atoms with Crippen molar-refractivity contribution in [2.24, 2.45) is 0 Å². The number of aryl methyl sites for hydroxylation is 2. The first kappa shape index (κ1) is 17.4. The third-order valence-corrected chi connectivity index (χ3v) is 5.91. The molecule has 0 spiro atoms. The van der Waals surface area contributed by atoms with E-state index < -0.39 is 0 Å². The van der Waals surface area contributed by atoms with Gasteiger partial charge in [-0.3, -0.25) is 9.69 Å². The molecule has 3 aromatic rings. The predicted octanol–water partition coefficient (Wildman–Crippen LogP) is 3.87. The molecule has 6 nitrogen and oxygen atoms in total. The lowest BCUT2D eigenvalue weighted by Crippen LogP contribution is -2.21. The summed E-state index contributed by atoms with van der Waals surface area (Å²) in [5.74, 6) is -0.0919. The van der Waals surface area contributed by atoms with E-state index in [9.17, 15) is 4.79 Å². The summed E-state index contributed by atoms with van der Waals surface area (Å²) in [6.07, 6.45) is 5.29. The number of likely N-dealkylation sites (tertiary alicyclic amines) is 1. The second-order valence-corrected chi connectivity index (χ2v) is 7.81. The third-order valence-electron chi connectivity index (χ3n) is 5.91. The number of nitrogens with zero attached hydrogens (tertiary/aromatic N) is 3. The Morgan fingerprint density at radius 3 is 2.86 bits per heavy atom. The van der Waals surface area contributed by atoms with Gasteiger partial charge in [0.25, 0.3) is 11.6 Å². The van der Waals surface area contributed by atoms with Crippen LogP contribution in [0.2, 0.25) is 0 Å². The van der Waals surface area contributed by atoms with Crippen molar-refractivity contribution in [2.45, 2.75) is 45.6 Å². The number of carbonyl (C=O) groups is 1. The molecule has 1 N–H and O–H groups in total. The SMILES string of the molecule is Cc1noc2nc3c(c(C(=O)Nc4ccccc4CN4CCCC4)c12)CCC3. The largest absolute Gasteiger partial charge is 0.336 e. The fourth-order valence-corrected chi connectivity index (χ4v) is 4.51. The highest BCUT2D eigenvalue weighted by Crippen LogP contribution is 2.32. The summed E-state index contributed by atoms with van der Waals surface area (Å²) in [6.45, 7) is 4.99. The summed E-state index contributed by atoms with van der Waals surface area (Å²) < 4.78 is 5.38. The monoisotopic (exact) mass is 376 g/mol. The number of pyridine rings is 1. The van der Waals surface area contributed by atoms with Crippen molar-refractivity contribution >= 4 is 22.7 Å². The van der Waals surface area contributed by atoms with Crippen LogP contribution in [0, 0.1) is 6.92 Å². The summed E-state index contributed by atoms with van der Waals surface area (Å²) in [5, 5.41) is 7.97. The van der Waals surface area contributed by atoms with E-state index in [0.29, 0.717) is 17.0 Å². The van der Waals surface area contributed by atoms with Crippen molar-refractivity contribution in [1.29, 1.82) is 0 Å². The molecule has 0 unspecified atom stereocenters. The highest BCUT2D eigenvalue weighted by molar-refractivity contribution is 6.13. The van der Waals surface area contributed by atoms with Crippen molar-refractivity contribution in [3.63, 3.8) is 0 Å². The van der Waals surface area contributed by atoms with Gasteiger partial charge >= 0.3 is 0 Å². The van der Waals surface area contributed by atoms with Crippen LogP contribution in [0.15, 0.2) is 28.8 Å². The predicted molar refractivity (Wildman–Crippen MR) is 107 cm³/mol. The molecule has 1 saturated heterocycles. The number of benzene rings is 1. The zero-order valence-corrected chi connectivity index (χ0v) is 16.1. The van der Waals surface area contributed by atoms with Gasteiger partial charge < -0.3 is 9.84 Å². The lowest BCUT2D eigenvalue weighted by Gasteiger charge is -2.18. The molecule has 3 heterocycles. The van der Waals surface area contributed by atoms with Crippen LogP contribution in [0.5, 0.6) is 0 Å². The van der Waals surface area contributed by atoms with Crippen molar-refractivity contribution in [1.82, 2.24) is 15.0 Å². The topological polar surface area (TPSA) is 71.3 Å². The summed E-state index contributed by atoms with van der Waals surface area (Å²) in [5.41, 5.74) is 5.92. The van der Waals surface area contributed by atoms with Crippen molar-refractivity contribution in [3.8, 4) is 0 Å². The molecule has 144 valence electrons. The van der Waals surface area contributed by atoms with Crippen molar-refractivity contribution < 1.29 is 9.32 Å². The molecular weight excluding hydrogens is 352 g/mol. The molecule has 1 aromatic carbocycles. The minimum atomic E-state index is -0.0919. The summed E-state index contributed by atoms with van der Waals surface area (Å²) >= 11 is 0. The van der Waals surface area contributed by atoms with Crippen LogP contribution in [0.4, 0.5) is 5.69 Å². The molecule has 2 aromatic heterocycles. The maximum Gasteiger partial charge on any atom is 0.259 e. The summed E-state index contributed by atoms with van der Waals surface area (Å²) in [6, 6.07) is 8.10. The number of para-hydroxylation sites is 1. The summed E-state index contributed by atoms with van der Waals surface area (Å²) in [7, 11) is 0. The van der Waals surface area contributed by atoms with Crippen molar-refractivity contribution in [2.75, 3.05) is 18.4 Å². The molecule has 5 rings (SSSR count). The molecule has 0 bridgehead atoms. The van der Waals surface area contributed by atoms with E-state index >= 15 is 0 Å². The van der Waals surface area contributed by atoms with Crippen LogP contribution < -0.4 is 5.32 Å². The number of carbonyl (C=O) groups excluding carboxylic acids is 1. The Kier molecular flexibility index (Phi) is 4.36. The molecule has 0 radical (unpaired) electrons. The highest BCUT2D eigenvalue weighted by atomic mass is 16.5. The number of hydrogen-bond acceptors (Lipinski definition) is 5. The third kappa shape index (κ3) is 2.98. The second kappa shape index (κ2) is 7.02. The van der Waals surface area contributed by atoms with Crippen LogP contribution in [-0.4, -0.2) is 34.0 Å². The van der Waals surface area contributed by atoms with E-state index in [2.05, 4.69) is 26.4 Å². The Morgan fingerprint density at radius 2 is 2.00 bits per heavy atom. The average Bonchev–Trinajstić information content (AvgIpc) is 3.43. The highest BCUT2D eigenvalue weighted by Gasteiger charge is 2.27. The van der Waals surface area contributed by atoms with E-state index in [0.717, 1.165) is 66.8 Å². The van der Waals surface area contributed by atoms with Gasteiger partial charge in [0.1, 0.15) is 0 Å². The lowest BCUT2D eigenvalue weighted by atomic mass is 10.0. The van der Waals surface area contributed by atoms with Crippen LogP contribution >= 0.6 is 0 Å². The number of aromatic nitrogens is 2. The number of amides is 1. The first-order chi connectivity index (χ1) is 13.7. The quantitative estimate of drug-likeness (QED) is 0.748. The maximum absolute atomic E-state index is 13.4. The fourth-order valence-electron chi connectivity index (χ4n) is 4.51. The molecule has 6 heteroatoms. The molecule has 0 saturated carbocycles. The molecule has 1 aliphatic carbocycles. The fraction of sp³-hybridized carbons (Fsp3) is 0.409. The average molecular weight is 376 g/mol. The normalized spacial score (nSPS) is 16.6. The van der Waals surface area contributed by atoms with E-state index in [-0.39, 0.29) is 5.91 Å². The van der Waals surface area contributed by atoms with Gasteiger partial charge in [-0.05, 0) is 69.3 Å². The van der Waals surface area contributed by atoms with Crippen LogP contribution in [0.25, 0.3) is 11.1 Å². The van der Waals surface area contributed by atoms with Crippen LogP contribution in [0.3, 0.4) is 0 Å². The smallest absolute Gasteiger partial charge is 0.259 e. The molecule has 2 aliphatic rings. The molecule has 0 atom stereocenters. The van der Waals surface area contributed by atoms with Gasteiger partial charge in [0, 0.05) is 17.9 Å². The molecular formula is C22H24N4O2. The summed E-state index contributed by atoms with van der Waals surface area (Å²) in [4.78, 5) is 20.4. The standard InChI is InChI=1S/C22H24N4O2/c1-14-19-20(16-8-6-10-18(16)24-22(19)28-25-14)21(27)23-17-9-3-2-7-15(17)13-26-11-4-5-12-26/h2-3,7,9H,4-6,8,10-13H2,1H3,(H,23,27). The van der Waals surface area contributed by atoms with Gasteiger partial charge in [-0.15, -0.1) is 0 Å². The van der Waals surface area contributed by atoms with Gasteiger partial charge in [0.05, 0.1) is 16.6 Å². The Labute approximate surface area is 163 Å². The Hall–Kier alpha value is -2.73. The Balaban J connectivity index is 1.51. The molecule has 1 amide bonds. The zero-order chi connectivity index (χ0) is 19.1. The van der Waals surface area contributed by atoms with Gasteiger partial charge in [-0.25, -0.2) is 4.98 Å². The van der Waals surface area contributed by atoms with E-state index in [1.807, 2.05) is 25.1 Å². The Morgan fingerprint density at radius 1 is 1.18 bits per heavy atom. The first-order valence-electron chi connectivity index (χ1n) is 10.1. The van der Waals surface area contributed by atoms with Gasteiger partial charge in [0.15, 0.2) is 0 Å². The second-order valence-electron chi connectivity index (χ2n) is 7.81. The lowest BCUT2D eigenvalue weighted by molar-refractivity contribution is 0.102. The molecule has 28 heavy (non-hydrogen) atoms. The Bertz CT molecular complexity index is 1050. The minimum Gasteiger partial charge on any atom is -0.336 e. The number of nitrogens with one attached hydrogen (secondary N) is 1. The number of hydrogen-bond donors (Lipinski definition) is 1. The van der Waals surface area contributed by atoms with E-state index in [1.165, 1.54) is 12.8 Å². The maximum atomic E-state index is 13.4. The van der Waals surface area contributed by atoms with Gasteiger partial charge in [-0.1, -0.05) is 23.4 Å². The van der Waals surface area contributed by atoms with Gasteiger partial charge in [0.2, 0.25) is 0 Å². The van der Waals surface area contributed by atoms with Crippen molar-refractivity contribution in [3.05, 3.63) is 52.3 Å². The van der Waals surface area contributed by atoms with Crippen LogP contribution in [-0.2, 0) is 19.4 Å².